The van der Waals surface area contributed by atoms with Crippen molar-refractivity contribution in [3.05, 3.63) is 0 Å². The van der Waals surface area contributed by atoms with E-state index in [1.807, 2.05) is 0 Å². The molecule has 0 aromatic carbocycles. The van der Waals surface area contributed by atoms with Crippen LogP contribution in [0.1, 0.15) is 26.2 Å². The molecule has 10 heavy (non-hydrogen) atoms. The maximum Gasteiger partial charge on any atom is 0.0621 e. The lowest BCUT2D eigenvalue weighted by Gasteiger charge is -2.11. The van der Waals surface area contributed by atoms with Crippen molar-refractivity contribution in [2.75, 3.05) is 20.1 Å². The van der Waals surface area contributed by atoms with Gasteiger partial charge in [0.2, 0.25) is 0 Å². The summed E-state index contributed by atoms with van der Waals surface area (Å²) in [4.78, 5) is 2.26. The van der Waals surface area contributed by atoms with Crippen LogP contribution in [-0.2, 0) is 0 Å². The van der Waals surface area contributed by atoms with Gasteiger partial charge in [-0.15, -0.1) is 0 Å². The highest BCUT2D eigenvalue weighted by Gasteiger charge is 1.92. The number of nitrogens with zero attached hydrogens (tertiary/aromatic N) is 2. The van der Waals surface area contributed by atoms with Gasteiger partial charge in [-0.25, -0.2) is 0 Å². The molecule has 2 nitrogen and oxygen atoms in total. The number of hydrogen-bond acceptors (Lipinski definition) is 2. The van der Waals surface area contributed by atoms with Gasteiger partial charge in [-0.2, -0.15) is 5.26 Å². The second-order valence-electron chi connectivity index (χ2n) is 2.51. The van der Waals surface area contributed by atoms with Crippen molar-refractivity contribution in [1.29, 1.82) is 5.26 Å². The third-order valence-electron chi connectivity index (χ3n) is 1.62. The van der Waals surface area contributed by atoms with Gasteiger partial charge < -0.3 is 4.90 Å². The molecule has 0 heterocycles. The van der Waals surface area contributed by atoms with Gasteiger partial charge in [0.25, 0.3) is 0 Å². The zero-order chi connectivity index (χ0) is 7.82. The van der Waals surface area contributed by atoms with Crippen LogP contribution >= 0.6 is 0 Å². The van der Waals surface area contributed by atoms with Gasteiger partial charge in [-0.1, -0.05) is 6.92 Å². The molecule has 0 bridgehead atoms. The van der Waals surface area contributed by atoms with E-state index in [9.17, 15) is 0 Å². The Morgan fingerprint density at radius 3 is 2.60 bits per heavy atom. The molecule has 0 aromatic heterocycles. The molecule has 0 saturated carbocycles. The number of unbranched alkanes of at least 4 members (excludes halogenated alkanes) is 2. The quantitative estimate of drug-likeness (QED) is 0.543. The fourth-order valence-corrected chi connectivity index (χ4v) is 0.744. The summed E-state index contributed by atoms with van der Waals surface area (Å²) in [5, 5.41) is 8.23. The number of rotatable bonds is 5. The normalized spacial score (nSPS) is 9.80. The van der Waals surface area contributed by atoms with E-state index >= 15 is 0 Å². The Morgan fingerprint density at radius 2 is 2.10 bits per heavy atom. The SMILES string of the molecule is CCN(C)CCCCC#N. The summed E-state index contributed by atoms with van der Waals surface area (Å²) in [6.45, 7) is 4.37. The van der Waals surface area contributed by atoms with Gasteiger partial charge in [0.15, 0.2) is 0 Å². The van der Waals surface area contributed by atoms with E-state index in [-0.39, 0.29) is 0 Å². The minimum Gasteiger partial charge on any atom is -0.307 e. The van der Waals surface area contributed by atoms with E-state index < -0.39 is 0 Å². The van der Waals surface area contributed by atoms with Gasteiger partial charge in [-0.05, 0) is 33.0 Å². The van der Waals surface area contributed by atoms with Crippen molar-refractivity contribution in [2.45, 2.75) is 26.2 Å². The minimum absolute atomic E-state index is 0.706. The molecule has 0 aliphatic heterocycles. The maximum absolute atomic E-state index is 8.23. The third-order valence-corrected chi connectivity index (χ3v) is 1.62. The average molecular weight is 140 g/mol. The zero-order valence-electron chi connectivity index (χ0n) is 6.93. The van der Waals surface area contributed by atoms with Gasteiger partial charge in [0.1, 0.15) is 0 Å². The van der Waals surface area contributed by atoms with Gasteiger partial charge in [0, 0.05) is 6.42 Å². The van der Waals surface area contributed by atoms with E-state index in [0.717, 1.165) is 25.9 Å². The molecule has 0 rings (SSSR count). The number of nitriles is 1. The highest BCUT2D eigenvalue weighted by molar-refractivity contribution is 4.68. The fourth-order valence-electron chi connectivity index (χ4n) is 0.744. The van der Waals surface area contributed by atoms with Crippen LogP contribution in [0.15, 0.2) is 0 Å². The first-order chi connectivity index (χ1) is 4.81. The predicted octanol–water partition coefficient (Wildman–Crippen LogP) is 1.63. The fraction of sp³-hybridized carbons (Fsp3) is 0.875. The van der Waals surface area contributed by atoms with Crippen LogP contribution in [-0.4, -0.2) is 25.0 Å². The molecule has 0 saturated heterocycles. The molecule has 0 amide bonds. The summed E-state index contributed by atoms with van der Waals surface area (Å²) in [6, 6.07) is 2.14. The molecule has 2 heteroatoms. The average Bonchev–Trinajstić information content (AvgIpc) is 1.98. The molecule has 0 aliphatic carbocycles. The molecular formula is C8H16N2. The topological polar surface area (TPSA) is 27.0 Å². The monoisotopic (exact) mass is 140 g/mol. The maximum atomic E-state index is 8.23. The lowest BCUT2D eigenvalue weighted by Crippen LogP contribution is -2.18. The number of hydrogen-bond donors (Lipinski definition) is 0. The Balaban J connectivity index is 2.98. The van der Waals surface area contributed by atoms with E-state index in [2.05, 4.69) is 24.9 Å². The molecule has 0 spiro atoms. The molecule has 0 radical (unpaired) electrons. The summed E-state index contributed by atoms with van der Waals surface area (Å²) < 4.78 is 0. The first-order valence-electron chi connectivity index (χ1n) is 3.86. The zero-order valence-corrected chi connectivity index (χ0v) is 6.93. The van der Waals surface area contributed by atoms with Gasteiger partial charge in [0.05, 0.1) is 6.07 Å². The Bertz CT molecular complexity index is 104. The summed E-state index contributed by atoms with van der Waals surface area (Å²) in [5.74, 6) is 0. The molecule has 0 N–H and O–H groups in total. The van der Waals surface area contributed by atoms with Crippen LogP contribution in [0.2, 0.25) is 0 Å². The Morgan fingerprint density at radius 1 is 1.40 bits per heavy atom. The second kappa shape index (κ2) is 6.57. The van der Waals surface area contributed by atoms with Crippen LogP contribution in [0.3, 0.4) is 0 Å². The van der Waals surface area contributed by atoms with Crippen LogP contribution < -0.4 is 0 Å². The highest BCUT2D eigenvalue weighted by atomic mass is 15.1. The minimum atomic E-state index is 0.706. The summed E-state index contributed by atoms with van der Waals surface area (Å²) in [5.41, 5.74) is 0. The van der Waals surface area contributed by atoms with Crippen LogP contribution in [0.25, 0.3) is 0 Å². The molecular weight excluding hydrogens is 124 g/mol. The van der Waals surface area contributed by atoms with Crippen molar-refractivity contribution >= 4 is 0 Å². The van der Waals surface area contributed by atoms with Crippen LogP contribution in [0.5, 0.6) is 0 Å². The van der Waals surface area contributed by atoms with Crippen LogP contribution in [0, 0.1) is 11.3 Å². The highest BCUT2D eigenvalue weighted by Crippen LogP contribution is 1.95. The molecule has 0 aliphatic rings. The molecule has 58 valence electrons. The van der Waals surface area contributed by atoms with Crippen LogP contribution in [0.4, 0.5) is 0 Å². The molecule has 0 atom stereocenters. The largest absolute Gasteiger partial charge is 0.307 e. The lowest BCUT2D eigenvalue weighted by molar-refractivity contribution is 0.344. The predicted molar refractivity (Wildman–Crippen MR) is 42.6 cm³/mol. The van der Waals surface area contributed by atoms with Crippen molar-refractivity contribution in [3.8, 4) is 6.07 Å². The summed E-state index contributed by atoms with van der Waals surface area (Å²) >= 11 is 0. The molecule has 0 fully saturated rings. The Kier molecular flexibility index (Phi) is 6.21. The van der Waals surface area contributed by atoms with Crippen molar-refractivity contribution < 1.29 is 0 Å². The standard InChI is InChI=1S/C8H16N2/c1-3-10(2)8-6-4-5-7-9/h3-6,8H2,1-2H3. The summed E-state index contributed by atoms with van der Waals surface area (Å²) in [7, 11) is 2.10. The first-order valence-corrected chi connectivity index (χ1v) is 3.86. The second-order valence-corrected chi connectivity index (χ2v) is 2.51. The first kappa shape index (κ1) is 9.45. The molecule has 0 aromatic rings. The van der Waals surface area contributed by atoms with E-state index in [4.69, 9.17) is 5.26 Å². The van der Waals surface area contributed by atoms with E-state index in [1.54, 1.807) is 0 Å². The van der Waals surface area contributed by atoms with E-state index in [0.29, 0.717) is 6.42 Å². The lowest BCUT2D eigenvalue weighted by atomic mass is 10.2. The Labute approximate surface area is 63.4 Å². The van der Waals surface area contributed by atoms with Gasteiger partial charge >= 0.3 is 0 Å². The Hall–Kier alpha value is -0.550. The smallest absolute Gasteiger partial charge is 0.0621 e. The van der Waals surface area contributed by atoms with Gasteiger partial charge in [-0.3, -0.25) is 0 Å². The van der Waals surface area contributed by atoms with Crippen molar-refractivity contribution in [3.63, 3.8) is 0 Å². The van der Waals surface area contributed by atoms with E-state index in [1.165, 1.54) is 0 Å². The van der Waals surface area contributed by atoms with Crippen molar-refractivity contribution in [2.24, 2.45) is 0 Å². The third kappa shape index (κ3) is 5.58. The summed E-state index contributed by atoms with van der Waals surface area (Å²) in [6.07, 6.45) is 2.90. The molecule has 0 unspecified atom stereocenters. The van der Waals surface area contributed by atoms with Crippen molar-refractivity contribution in [1.82, 2.24) is 4.90 Å².